The Kier molecular flexibility index (Phi) is 7.18. The maximum Gasteiger partial charge on any atom is 0.288 e. The van der Waals surface area contributed by atoms with E-state index in [0.717, 1.165) is 12.8 Å². The summed E-state index contributed by atoms with van der Waals surface area (Å²) in [6.45, 7) is 8.54. The van der Waals surface area contributed by atoms with Crippen molar-refractivity contribution in [2.75, 3.05) is 6.61 Å². The SMILES string of the molecule is C=CCC(C=C)CCO[Si](c1ccccc1)(c1ccccc1)c1ccccc1. The summed E-state index contributed by atoms with van der Waals surface area (Å²) < 4.78 is 6.92. The first-order chi connectivity index (χ1) is 13.8. The van der Waals surface area contributed by atoms with E-state index in [0.29, 0.717) is 12.5 Å². The molecular formula is C26H28OSi. The van der Waals surface area contributed by atoms with Crippen LogP contribution in [-0.2, 0) is 4.43 Å². The largest absolute Gasteiger partial charge is 0.404 e. The molecule has 0 aliphatic heterocycles. The molecule has 0 amide bonds. The maximum absolute atomic E-state index is 6.92. The lowest BCUT2D eigenvalue weighted by atomic mass is 10.0. The summed E-state index contributed by atoms with van der Waals surface area (Å²) in [4.78, 5) is 0. The fourth-order valence-corrected chi connectivity index (χ4v) is 7.59. The van der Waals surface area contributed by atoms with E-state index >= 15 is 0 Å². The first-order valence-corrected chi connectivity index (χ1v) is 11.8. The molecule has 0 spiro atoms. The molecule has 1 atom stereocenters. The van der Waals surface area contributed by atoms with Crippen molar-refractivity contribution in [2.24, 2.45) is 5.92 Å². The molecule has 0 aliphatic carbocycles. The number of rotatable bonds is 10. The Bertz CT molecular complexity index is 762. The van der Waals surface area contributed by atoms with Gasteiger partial charge in [-0.3, -0.25) is 0 Å². The van der Waals surface area contributed by atoms with Crippen LogP contribution in [0.25, 0.3) is 0 Å². The molecule has 28 heavy (non-hydrogen) atoms. The molecule has 3 aromatic carbocycles. The summed E-state index contributed by atoms with van der Waals surface area (Å²) in [5, 5.41) is 3.81. The monoisotopic (exact) mass is 384 g/mol. The van der Waals surface area contributed by atoms with Crippen molar-refractivity contribution in [3.8, 4) is 0 Å². The normalized spacial score (nSPS) is 12.3. The smallest absolute Gasteiger partial charge is 0.288 e. The molecule has 0 N–H and O–H groups in total. The van der Waals surface area contributed by atoms with Crippen molar-refractivity contribution < 1.29 is 4.43 Å². The Hall–Kier alpha value is -2.68. The van der Waals surface area contributed by atoms with Crippen LogP contribution in [-0.4, -0.2) is 14.9 Å². The van der Waals surface area contributed by atoms with Gasteiger partial charge in [0.1, 0.15) is 0 Å². The van der Waals surface area contributed by atoms with Crippen LogP contribution >= 0.6 is 0 Å². The van der Waals surface area contributed by atoms with Crippen molar-refractivity contribution in [1.82, 2.24) is 0 Å². The van der Waals surface area contributed by atoms with E-state index < -0.39 is 8.32 Å². The molecule has 0 saturated heterocycles. The molecule has 3 aromatic rings. The van der Waals surface area contributed by atoms with Crippen molar-refractivity contribution in [3.63, 3.8) is 0 Å². The zero-order valence-electron chi connectivity index (χ0n) is 16.3. The molecule has 0 bridgehead atoms. The van der Waals surface area contributed by atoms with Crippen LogP contribution in [0.3, 0.4) is 0 Å². The lowest BCUT2D eigenvalue weighted by Crippen LogP contribution is -2.69. The second-order valence-electron chi connectivity index (χ2n) is 6.94. The predicted octanol–water partition coefficient (Wildman–Crippen LogP) is 4.44. The van der Waals surface area contributed by atoms with E-state index in [-0.39, 0.29) is 0 Å². The van der Waals surface area contributed by atoms with Crippen LogP contribution in [0.1, 0.15) is 12.8 Å². The van der Waals surface area contributed by atoms with Gasteiger partial charge in [0.15, 0.2) is 0 Å². The minimum atomic E-state index is -2.59. The summed E-state index contributed by atoms with van der Waals surface area (Å²) in [7, 11) is -2.59. The zero-order valence-corrected chi connectivity index (χ0v) is 17.3. The highest BCUT2D eigenvalue weighted by molar-refractivity contribution is 7.07. The van der Waals surface area contributed by atoms with Gasteiger partial charge in [-0.05, 0) is 34.3 Å². The van der Waals surface area contributed by atoms with Crippen LogP contribution in [0, 0.1) is 5.92 Å². The van der Waals surface area contributed by atoms with Crippen molar-refractivity contribution in [1.29, 1.82) is 0 Å². The summed E-state index contributed by atoms with van der Waals surface area (Å²) >= 11 is 0. The van der Waals surface area contributed by atoms with E-state index in [1.165, 1.54) is 15.6 Å². The summed E-state index contributed by atoms with van der Waals surface area (Å²) in [6, 6.07) is 32.1. The number of benzene rings is 3. The molecule has 0 heterocycles. The van der Waals surface area contributed by atoms with Gasteiger partial charge in [-0.15, -0.1) is 13.2 Å². The van der Waals surface area contributed by atoms with Gasteiger partial charge in [0, 0.05) is 6.61 Å². The highest BCUT2D eigenvalue weighted by Crippen LogP contribution is 2.14. The minimum Gasteiger partial charge on any atom is -0.404 e. The van der Waals surface area contributed by atoms with Gasteiger partial charge in [-0.25, -0.2) is 0 Å². The van der Waals surface area contributed by atoms with Gasteiger partial charge in [-0.1, -0.05) is 103 Å². The van der Waals surface area contributed by atoms with E-state index in [2.05, 4.69) is 104 Å². The third-order valence-corrected chi connectivity index (χ3v) is 9.23. The minimum absolute atomic E-state index is 0.395. The first-order valence-electron chi connectivity index (χ1n) is 9.85. The molecular weight excluding hydrogens is 356 g/mol. The van der Waals surface area contributed by atoms with Gasteiger partial charge in [0.25, 0.3) is 8.32 Å². The third kappa shape index (κ3) is 4.41. The summed E-state index contributed by atoms with van der Waals surface area (Å²) in [5.74, 6) is 0.395. The van der Waals surface area contributed by atoms with E-state index in [9.17, 15) is 0 Å². The highest BCUT2D eigenvalue weighted by Gasteiger charge is 2.41. The third-order valence-electron chi connectivity index (χ3n) is 5.15. The Labute approximate surface area is 170 Å². The maximum atomic E-state index is 6.92. The molecule has 1 nitrogen and oxygen atoms in total. The van der Waals surface area contributed by atoms with Crippen LogP contribution in [0.5, 0.6) is 0 Å². The van der Waals surface area contributed by atoms with E-state index in [1.54, 1.807) is 0 Å². The number of hydrogen-bond donors (Lipinski definition) is 0. The second kappa shape index (κ2) is 10.0. The van der Waals surface area contributed by atoms with Crippen molar-refractivity contribution in [2.45, 2.75) is 12.8 Å². The Morgan fingerprint density at radius 3 is 1.50 bits per heavy atom. The molecule has 0 fully saturated rings. The second-order valence-corrected chi connectivity index (χ2v) is 10.3. The Balaban J connectivity index is 2.06. The molecule has 0 saturated carbocycles. The average molecular weight is 385 g/mol. The fourth-order valence-electron chi connectivity index (χ4n) is 3.68. The van der Waals surface area contributed by atoms with Crippen LogP contribution in [0.4, 0.5) is 0 Å². The topological polar surface area (TPSA) is 9.23 Å². The van der Waals surface area contributed by atoms with Crippen LogP contribution < -0.4 is 15.6 Å². The predicted molar refractivity (Wildman–Crippen MR) is 123 cm³/mol. The van der Waals surface area contributed by atoms with E-state index in [1.807, 2.05) is 12.2 Å². The van der Waals surface area contributed by atoms with Gasteiger partial charge in [-0.2, -0.15) is 0 Å². The van der Waals surface area contributed by atoms with Gasteiger partial charge < -0.3 is 4.43 Å². The van der Waals surface area contributed by atoms with Crippen LogP contribution in [0.2, 0.25) is 0 Å². The Morgan fingerprint density at radius 2 is 1.14 bits per heavy atom. The number of allylic oxidation sites excluding steroid dienone is 2. The molecule has 1 unspecified atom stereocenters. The van der Waals surface area contributed by atoms with Crippen molar-refractivity contribution >= 4 is 23.9 Å². The van der Waals surface area contributed by atoms with E-state index in [4.69, 9.17) is 4.43 Å². The highest BCUT2D eigenvalue weighted by atomic mass is 28.4. The molecule has 0 aromatic heterocycles. The lowest BCUT2D eigenvalue weighted by Gasteiger charge is -2.33. The average Bonchev–Trinajstić information content (AvgIpc) is 2.78. The standard InChI is InChI=1S/C26H28OSi/c1-3-14-23(4-2)21-22-27-28(24-15-8-5-9-16-24,25-17-10-6-11-18-25)26-19-12-7-13-20-26/h3-13,15-20,23H,1-2,14,21-22H2. The molecule has 0 radical (unpaired) electrons. The number of hydrogen-bond acceptors (Lipinski definition) is 1. The van der Waals surface area contributed by atoms with Gasteiger partial charge in [0.05, 0.1) is 0 Å². The zero-order chi connectivity index (χ0) is 19.7. The molecule has 2 heteroatoms. The van der Waals surface area contributed by atoms with Gasteiger partial charge >= 0.3 is 0 Å². The van der Waals surface area contributed by atoms with Gasteiger partial charge in [0.2, 0.25) is 0 Å². The van der Waals surface area contributed by atoms with Crippen molar-refractivity contribution in [3.05, 3.63) is 116 Å². The molecule has 0 aliphatic rings. The fraction of sp³-hybridized carbons (Fsp3) is 0.154. The molecule has 3 rings (SSSR count). The molecule has 142 valence electrons. The summed E-state index contributed by atoms with van der Waals surface area (Å²) in [5.41, 5.74) is 0. The Morgan fingerprint density at radius 1 is 0.714 bits per heavy atom. The lowest BCUT2D eigenvalue weighted by molar-refractivity contribution is 0.296. The van der Waals surface area contributed by atoms with Crippen LogP contribution in [0.15, 0.2) is 116 Å². The summed E-state index contributed by atoms with van der Waals surface area (Å²) in [6.07, 6.45) is 5.85. The quantitative estimate of drug-likeness (QED) is 0.285. The first kappa shape index (κ1) is 20.1.